The summed E-state index contributed by atoms with van der Waals surface area (Å²) in [6.45, 7) is 1.70. The van der Waals surface area contributed by atoms with Crippen LogP contribution >= 0.6 is 0 Å². The fourth-order valence-corrected chi connectivity index (χ4v) is 2.69. The lowest BCUT2D eigenvalue weighted by molar-refractivity contribution is 0.465. The van der Waals surface area contributed by atoms with Crippen molar-refractivity contribution in [2.75, 3.05) is 0 Å². The number of benzene rings is 1. The van der Waals surface area contributed by atoms with Gasteiger partial charge in [0.15, 0.2) is 0 Å². The molecule has 0 saturated heterocycles. The minimum Gasteiger partial charge on any atom is -0.344 e. The van der Waals surface area contributed by atoms with Gasteiger partial charge in [-0.15, -0.1) is 0 Å². The van der Waals surface area contributed by atoms with Crippen LogP contribution in [0.5, 0.6) is 0 Å². The zero-order valence-electron chi connectivity index (χ0n) is 10.1. The highest BCUT2D eigenvalue weighted by atomic mass is 32.2. The summed E-state index contributed by atoms with van der Waals surface area (Å²) in [6, 6.07) is 10.9. The predicted molar refractivity (Wildman–Crippen MR) is 71.3 cm³/mol. The number of nitrogens with zero attached hydrogens (tertiary/aromatic N) is 1. The average Bonchev–Trinajstić information content (AvgIpc) is 2.28. The Morgan fingerprint density at radius 2 is 1.89 bits per heavy atom. The lowest BCUT2D eigenvalue weighted by Crippen LogP contribution is -2.12. The molecule has 2 aromatic rings. The summed E-state index contributed by atoms with van der Waals surface area (Å²) in [5.74, 6) is 0. The van der Waals surface area contributed by atoms with Gasteiger partial charge in [-0.2, -0.15) is 8.42 Å². The van der Waals surface area contributed by atoms with Crippen molar-refractivity contribution < 1.29 is 13.0 Å². The molecule has 0 aliphatic carbocycles. The van der Waals surface area contributed by atoms with Crippen LogP contribution in [0, 0.1) is 0 Å². The third-order valence-electron chi connectivity index (χ3n) is 2.68. The van der Waals surface area contributed by atoms with E-state index in [1.54, 1.807) is 13.0 Å². The van der Waals surface area contributed by atoms with E-state index >= 15 is 0 Å². The van der Waals surface area contributed by atoms with Gasteiger partial charge in [-0.25, -0.2) is 0 Å². The highest BCUT2D eigenvalue weighted by Gasteiger charge is 2.24. The van der Waals surface area contributed by atoms with Crippen LogP contribution in [0.3, 0.4) is 0 Å². The molecule has 0 saturated carbocycles. The van der Waals surface area contributed by atoms with E-state index in [2.05, 4.69) is 4.98 Å². The highest BCUT2D eigenvalue weighted by Crippen LogP contribution is 2.25. The Bertz CT molecular complexity index is 641. The van der Waals surface area contributed by atoms with E-state index < -0.39 is 15.4 Å². The summed E-state index contributed by atoms with van der Waals surface area (Å²) in [6.07, 6.45) is 0.296. The Balaban J connectivity index is 0.00000162. The van der Waals surface area contributed by atoms with Gasteiger partial charge in [-0.05, 0) is 18.6 Å². The molecule has 0 bridgehead atoms. The monoisotopic (exact) mass is 268 g/mol. The number of pyridine rings is 1. The summed E-state index contributed by atoms with van der Waals surface area (Å²) < 4.78 is 31.6. The first-order valence-corrected chi connectivity index (χ1v) is 6.84. The molecule has 0 radical (unpaired) electrons. The first-order valence-electron chi connectivity index (χ1n) is 5.34. The molecular weight excluding hydrogens is 252 g/mol. The van der Waals surface area contributed by atoms with Crippen molar-refractivity contribution in [2.24, 2.45) is 0 Å². The van der Waals surface area contributed by atoms with Gasteiger partial charge in [0.05, 0.1) is 11.2 Å². The number of rotatable bonds is 3. The molecule has 6 heteroatoms. The molecule has 0 amide bonds. The zero-order chi connectivity index (χ0) is 12.5. The van der Waals surface area contributed by atoms with E-state index in [4.69, 9.17) is 4.55 Å². The van der Waals surface area contributed by atoms with Crippen LogP contribution in [0.25, 0.3) is 10.9 Å². The summed E-state index contributed by atoms with van der Waals surface area (Å²) in [5, 5.41) is -0.00598. The first kappa shape index (κ1) is 14.6. The Labute approximate surface area is 106 Å². The maximum atomic E-state index is 11.2. The second-order valence-corrected chi connectivity index (χ2v) is 5.44. The Hall–Kier alpha value is -1.50. The third-order valence-corrected chi connectivity index (χ3v) is 3.97. The average molecular weight is 268 g/mol. The van der Waals surface area contributed by atoms with Crippen LogP contribution in [0.15, 0.2) is 36.4 Å². The fraction of sp³-hybridized carbons (Fsp3) is 0.250. The van der Waals surface area contributed by atoms with Gasteiger partial charge in [-0.3, -0.25) is 9.54 Å². The molecule has 98 valence electrons. The van der Waals surface area contributed by atoms with Crippen molar-refractivity contribution in [2.45, 2.75) is 18.6 Å². The molecule has 5 nitrogen and oxygen atoms in total. The molecular formula is C12H16N2O3S. The topological polar surface area (TPSA) is 102 Å². The van der Waals surface area contributed by atoms with E-state index in [1.165, 1.54) is 0 Å². The van der Waals surface area contributed by atoms with Gasteiger partial charge in [0, 0.05) is 5.39 Å². The van der Waals surface area contributed by atoms with E-state index in [9.17, 15) is 8.42 Å². The van der Waals surface area contributed by atoms with Gasteiger partial charge >= 0.3 is 0 Å². The van der Waals surface area contributed by atoms with Crippen LogP contribution < -0.4 is 6.15 Å². The number of para-hydroxylation sites is 1. The lowest BCUT2D eigenvalue weighted by Gasteiger charge is -2.11. The van der Waals surface area contributed by atoms with Crippen molar-refractivity contribution in [1.29, 1.82) is 0 Å². The molecule has 4 N–H and O–H groups in total. The van der Waals surface area contributed by atoms with Crippen molar-refractivity contribution in [1.82, 2.24) is 11.1 Å². The summed E-state index contributed by atoms with van der Waals surface area (Å²) in [7, 11) is -4.10. The van der Waals surface area contributed by atoms with E-state index in [0.717, 1.165) is 10.9 Å². The van der Waals surface area contributed by atoms with E-state index in [-0.39, 0.29) is 6.15 Å². The SMILES string of the molecule is CCC(c1ccc2ccccc2n1)S(=O)(=O)O.N. The van der Waals surface area contributed by atoms with Gasteiger partial charge in [-0.1, -0.05) is 31.2 Å². The first-order chi connectivity index (χ1) is 8.02. The minimum atomic E-state index is -4.10. The van der Waals surface area contributed by atoms with Crippen LogP contribution in [0.2, 0.25) is 0 Å². The molecule has 0 aliphatic heterocycles. The summed E-state index contributed by atoms with van der Waals surface area (Å²) >= 11 is 0. The maximum Gasteiger partial charge on any atom is 0.273 e. The highest BCUT2D eigenvalue weighted by molar-refractivity contribution is 7.86. The summed E-state index contributed by atoms with van der Waals surface area (Å²) in [4.78, 5) is 4.27. The molecule has 0 spiro atoms. The Kier molecular flexibility index (Phi) is 4.39. The van der Waals surface area contributed by atoms with Crippen molar-refractivity contribution in [3.05, 3.63) is 42.1 Å². The van der Waals surface area contributed by atoms with Crippen molar-refractivity contribution in [3.63, 3.8) is 0 Å². The standard InChI is InChI=1S/C12H13NO3S.H3N/c1-2-12(17(14,15)16)11-8-7-9-5-3-4-6-10(9)13-11;/h3-8,12H,2H2,1H3,(H,14,15,16);1H3. The molecule has 18 heavy (non-hydrogen) atoms. The molecule has 1 aromatic heterocycles. The zero-order valence-corrected chi connectivity index (χ0v) is 10.9. The molecule has 0 aliphatic rings. The Morgan fingerprint density at radius 1 is 1.22 bits per heavy atom. The smallest absolute Gasteiger partial charge is 0.273 e. The van der Waals surface area contributed by atoms with E-state index in [1.807, 2.05) is 30.3 Å². The fourth-order valence-electron chi connectivity index (χ4n) is 1.83. The minimum absolute atomic E-state index is 0. The number of hydrogen-bond donors (Lipinski definition) is 2. The molecule has 1 aromatic carbocycles. The number of fused-ring (bicyclic) bond motifs is 1. The largest absolute Gasteiger partial charge is 0.344 e. The summed E-state index contributed by atoms with van der Waals surface area (Å²) in [5.41, 5.74) is 1.11. The second-order valence-electron chi connectivity index (χ2n) is 3.84. The molecule has 0 fully saturated rings. The van der Waals surface area contributed by atoms with Crippen LogP contribution in [0.4, 0.5) is 0 Å². The number of hydrogen-bond acceptors (Lipinski definition) is 4. The molecule has 1 atom stereocenters. The second kappa shape index (κ2) is 5.43. The predicted octanol–water partition coefficient (Wildman–Crippen LogP) is 2.74. The van der Waals surface area contributed by atoms with Gasteiger partial charge in [0.25, 0.3) is 10.1 Å². The molecule has 2 rings (SSSR count). The maximum absolute atomic E-state index is 11.2. The van der Waals surface area contributed by atoms with Crippen LogP contribution in [-0.4, -0.2) is 18.0 Å². The lowest BCUT2D eigenvalue weighted by atomic mass is 10.1. The van der Waals surface area contributed by atoms with Crippen LogP contribution in [-0.2, 0) is 10.1 Å². The third kappa shape index (κ3) is 2.84. The quantitative estimate of drug-likeness (QED) is 0.833. The normalized spacial score (nSPS) is 13.0. The molecule has 1 heterocycles. The molecule has 1 unspecified atom stereocenters. The van der Waals surface area contributed by atoms with Gasteiger partial charge < -0.3 is 6.15 Å². The number of aromatic nitrogens is 1. The van der Waals surface area contributed by atoms with Crippen molar-refractivity contribution in [3.8, 4) is 0 Å². The van der Waals surface area contributed by atoms with Gasteiger partial charge in [0.2, 0.25) is 0 Å². The Morgan fingerprint density at radius 3 is 2.50 bits per heavy atom. The van der Waals surface area contributed by atoms with E-state index in [0.29, 0.717) is 12.1 Å². The van der Waals surface area contributed by atoms with Crippen molar-refractivity contribution >= 4 is 21.0 Å². The van der Waals surface area contributed by atoms with Crippen LogP contribution in [0.1, 0.15) is 24.3 Å². The van der Waals surface area contributed by atoms with Gasteiger partial charge in [0.1, 0.15) is 5.25 Å².